The topological polar surface area (TPSA) is 55.5 Å². The van der Waals surface area contributed by atoms with Crippen LogP contribution in [0, 0.1) is 0 Å². The molecule has 0 rings (SSSR count). The van der Waals surface area contributed by atoms with Gasteiger partial charge < -0.3 is 15.6 Å². The normalized spacial score (nSPS) is 15.3. The number of hydrogen-bond donors (Lipinski definition) is 3. The van der Waals surface area contributed by atoms with Gasteiger partial charge in [-0.05, 0) is 13.8 Å². The van der Waals surface area contributed by atoms with Gasteiger partial charge in [-0.25, -0.2) is 0 Å². The Kier molecular flexibility index (Phi) is 4.28. The van der Waals surface area contributed by atoms with E-state index in [2.05, 4.69) is 12.6 Å². The molecular formula is C6H15NO2S. The summed E-state index contributed by atoms with van der Waals surface area (Å²) in [5.41, 5.74) is 5.15. The predicted octanol–water partition coefficient (Wildman–Crippen LogP) is -0.0115. The van der Waals surface area contributed by atoms with Crippen molar-refractivity contribution in [3.05, 3.63) is 0 Å². The molecule has 3 nitrogen and oxygen atoms in total. The third-order valence-electron chi connectivity index (χ3n) is 0.901. The molecule has 0 amide bonds. The summed E-state index contributed by atoms with van der Waals surface area (Å²) in [5, 5.41) is 8.94. The SMILES string of the molecule is CC(C)(S)OC[C@@H](O)CN. The number of thiol groups is 1. The van der Waals surface area contributed by atoms with Gasteiger partial charge in [0.05, 0.1) is 12.7 Å². The molecule has 0 saturated carbocycles. The number of nitrogens with two attached hydrogens (primary N) is 1. The maximum absolute atomic E-state index is 8.94. The van der Waals surface area contributed by atoms with Gasteiger partial charge in [-0.1, -0.05) is 0 Å². The molecule has 0 saturated heterocycles. The number of rotatable bonds is 4. The van der Waals surface area contributed by atoms with Crippen molar-refractivity contribution in [2.75, 3.05) is 13.2 Å². The molecule has 62 valence electrons. The molecule has 0 fully saturated rings. The second-order valence-electron chi connectivity index (χ2n) is 2.65. The first kappa shape index (κ1) is 10.2. The standard InChI is InChI=1S/C6H15NO2S/c1-6(2,10)9-4-5(8)3-7/h5,8,10H,3-4,7H2,1-2H3/t5-/m0/s1. The van der Waals surface area contributed by atoms with Gasteiger partial charge in [0.2, 0.25) is 0 Å². The minimum atomic E-state index is -0.577. The molecule has 10 heavy (non-hydrogen) atoms. The van der Waals surface area contributed by atoms with Crippen LogP contribution in [0.1, 0.15) is 13.8 Å². The molecule has 4 heteroatoms. The van der Waals surface area contributed by atoms with E-state index in [0.717, 1.165) is 0 Å². The summed E-state index contributed by atoms with van der Waals surface area (Å²) in [4.78, 5) is -0.490. The molecule has 1 atom stereocenters. The van der Waals surface area contributed by atoms with Crippen LogP contribution in [-0.4, -0.2) is 29.3 Å². The zero-order valence-corrected chi connectivity index (χ0v) is 7.27. The summed E-state index contributed by atoms with van der Waals surface area (Å²) < 4.78 is 5.12. The Labute approximate surface area is 67.0 Å². The van der Waals surface area contributed by atoms with Gasteiger partial charge >= 0.3 is 0 Å². The quantitative estimate of drug-likeness (QED) is 0.405. The Balaban J connectivity index is 3.36. The van der Waals surface area contributed by atoms with Crippen molar-refractivity contribution < 1.29 is 9.84 Å². The lowest BCUT2D eigenvalue weighted by molar-refractivity contribution is -0.00628. The van der Waals surface area contributed by atoms with Gasteiger partial charge in [0.25, 0.3) is 0 Å². The van der Waals surface area contributed by atoms with Crippen molar-refractivity contribution in [3.63, 3.8) is 0 Å². The van der Waals surface area contributed by atoms with Crippen molar-refractivity contribution in [2.24, 2.45) is 5.73 Å². The minimum Gasteiger partial charge on any atom is -0.389 e. The Morgan fingerprint density at radius 2 is 2.20 bits per heavy atom. The van der Waals surface area contributed by atoms with Gasteiger partial charge in [0.15, 0.2) is 0 Å². The summed E-state index contributed by atoms with van der Waals surface area (Å²) in [6.07, 6.45) is -0.577. The second-order valence-corrected chi connectivity index (χ2v) is 3.72. The van der Waals surface area contributed by atoms with Gasteiger partial charge in [-0.15, -0.1) is 12.6 Å². The van der Waals surface area contributed by atoms with E-state index in [1.807, 2.05) is 0 Å². The Morgan fingerprint density at radius 3 is 2.50 bits per heavy atom. The van der Waals surface area contributed by atoms with Crippen LogP contribution in [0.25, 0.3) is 0 Å². The first-order chi connectivity index (χ1) is 4.45. The van der Waals surface area contributed by atoms with Crippen molar-refractivity contribution in [3.8, 4) is 0 Å². The molecule has 0 bridgehead atoms. The summed E-state index contributed by atoms with van der Waals surface area (Å²) in [6, 6.07) is 0. The highest BCUT2D eigenvalue weighted by atomic mass is 32.1. The lowest BCUT2D eigenvalue weighted by Gasteiger charge is -2.20. The highest BCUT2D eigenvalue weighted by Crippen LogP contribution is 2.13. The highest BCUT2D eigenvalue weighted by molar-refractivity contribution is 7.81. The van der Waals surface area contributed by atoms with E-state index in [-0.39, 0.29) is 13.2 Å². The summed E-state index contributed by atoms with van der Waals surface area (Å²) in [7, 11) is 0. The largest absolute Gasteiger partial charge is 0.389 e. The lowest BCUT2D eigenvalue weighted by atomic mass is 10.4. The number of ether oxygens (including phenoxy) is 1. The van der Waals surface area contributed by atoms with Gasteiger partial charge in [-0.3, -0.25) is 0 Å². The lowest BCUT2D eigenvalue weighted by Crippen LogP contribution is -2.29. The van der Waals surface area contributed by atoms with Crippen molar-refractivity contribution in [1.29, 1.82) is 0 Å². The van der Waals surface area contributed by atoms with E-state index in [0.29, 0.717) is 0 Å². The molecular weight excluding hydrogens is 150 g/mol. The molecule has 0 heterocycles. The van der Waals surface area contributed by atoms with E-state index in [1.54, 1.807) is 13.8 Å². The molecule has 0 aliphatic carbocycles. The molecule has 0 spiro atoms. The maximum atomic E-state index is 8.94. The minimum absolute atomic E-state index is 0.226. The molecule has 3 N–H and O–H groups in total. The molecule has 0 radical (unpaired) electrons. The Morgan fingerprint density at radius 1 is 1.70 bits per heavy atom. The van der Waals surface area contributed by atoms with Gasteiger partial charge in [0.1, 0.15) is 4.93 Å². The van der Waals surface area contributed by atoms with Gasteiger partial charge in [-0.2, -0.15) is 0 Å². The predicted molar refractivity (Wildman–Crippen MR) is 44.1 cm³/mol. The van der Waals surface area contributed by atoms with Crippen molar-refractivity contribution in [2.45, 2.75) is 24.9 Å². The van der Waals surface area contributed by atoms with Crippen molar-refractivity contribution >= 4 is 12.6 Å². The zero-order valence-electron chi connectivity index (χ0n) is 6.37. The average Bonchev–Trinajstić information content (AvgIpc) is 1.81. The van der Waals surface area contributed by atoms with E-state index >= 15 is 0 Å². The van der Waals surface area contributed by atoms with Crippen LogP contribution in [-0.2, 0) is 4.74 Å². The average molecular weight is 165 g/mol. The second kappa shape index (κ2) is 4.18. The molecule has 0 aliphatic heterocycles. The van der Waals surface area contributed by atoms with E-state index < -0.39 is 11.0 Å². The number of aliphatic hydroxyl groups excluding tert-OH is 1. The van der Waals surface area contributed by atoms with Crippen LogP contribution in [0.4, 0.5) is 0 Å². The molecule has 0 unspecified atom stereocenters. The maximum Gasteiger partial charge on any atom is 0.105 e. The molecule has 0 aromatic carbocycles. The Bertz CT molecular complexity index is 92.2. The molecule has 0 aromatic heterocycles. The van der Waals surface area contributed by atoms with Crippen LogP contribution in [0.3, 0.4) is 0 Å². The fourth-order valence-electron chi connectivity index (χ4n) is 0.368. The van der Waals surface area contributed by atoms with Gasteiger partial charge in [0, 0.05) is 6.54 Å². The number of hydrogen-bond acceptors (Lipinski definition) is 4. The van der Waals surface area contributed by atoms with Crippen LogP contribution >= 0.6 is 12.6 Å². The third kappa shape index (κ3) is 6.35. The molecule has 0 aliphatic rings. The third-order valence-corrected chi connectivity index (χ3v) is 1.03. The summed E-state index contributed by atoms with van der Waals surface area (Å²) in [6.45, 7) is 4.08. The highest BCUT2D eigenvalue weighted by Gasteiger charge is 2.12. The zero-order chi connectivity index (χ0) is 8.20. The van der Waals surface area contributed by atoms with E-state index in [4.69, 9.17) is 15.6 Å². The van der Waals surface area contributed by atoms with Crippen LogP contribution < -0.4 is 5.73 Å². The smallest absolute Gasteiger partial charge is 0.105 e. The molecule has 0 aromatic rings. The van der Waals surface area contributed by atoms with E-state index in [9.17, 15) is 0 Å². The van der Waals surface area contributed by atoms with Crippen LogP contribution in [0.15, 0.2) is 0 Å². The van der Waals surface area contributed by atoms with Crippen LogP contribution in [0.5, 0.6) is 0 Å². The number of aliphatic hydroxyl groups is 1. The monoisotopic (exact) mass is 165 g/mol. The first-order valence-electron chi connectivity index (χ1n) is 3.20. The Hall–Kier alpha value is 0.230. The summed E-state index contributed by atoms with van der Waals surface area (Å²) in [5.74, 6) is 0. The first-order valence-corrected chi connectivity index (χ1v) is 3.65. The van der Waals surface area contributed by atoms with Crippen LogP contribution in [0.2, 0.25) is 0 Å². The fourth-order valence-corrected chi connectivity index (χ4v) is 0.443. The van der Waals surface area contributed by atoms with E-state index in [1.165, 1.54) is 0 Å². The fraction of sp³-hybridized carbons (Fsp3) is 1.00. The van der Waals surface area contributed by atoms with Crippen molar-refractivity contribution in [1.82, 2.24) is 0 Å². The summed E-state index contributed by atoms with van der Waals surface area (Å²) >= 11 is 4.09.